The van der Waals surface area contributed by atoms with E-state index in [9.17, 15) is 14.6 Å². The van der Waals surface area contributed by atoms with Crippen LogP contribution in [0.15, 0.2) is 30.7 Å². The maximum Gasteiger partial charge on any atom is 0.143 e. The molecule has 1 fully saturated rings. The van der Waals surface area contributed by atoms with Gasteiger partial charge in [-0.25, -0.2) is 14.4 Å². The van der Waals surface area contributed by atoms with Crippen molar-refractivity contribution in [1.29, 1.82) is 0 Å². The number of aryl methyl sites for hydroxylation is 1. The molecule has 3 aromatic rings. The molecule has 0 saturated heterocycles. The molecule has 1 aliphatic rings. The highest BCUT2D eigenvalue weighted by atomic mass is 35.5. The topological polar surface area (TPSA) is 106 Å². The Balaban J connectivity index is 1.65. The molecule has 1 aromatic carbocycles. The van der Waals surface area contributed by atoms with Gasteiger partial charge in [0.25, 0.3) is 0 Å². The third kappa shape index (κ3) is 3.46. The molecule has 1 saturated carbocycles. The second-order valence-corrected chi connectivity index (χ2v) is 7.86. The van der Waals surface area contributed by atoms with Gasteiger partial charge in [-0.15, -0.1) is 0 Å². The first-order valence-electron chi connectivity index (χ1n) is 9.33. The Hall–Kier alpha value is -2.26. The first-order chi connectivity index (χ1) is 13.8. The zero-order valence-corrected chi connectivity index (χ0v) is 16.7. The maximum absolute atomic E-state index is 13.9. The predicted octanol–water partition coefficient (Wildman–Crippen LogP) is 2.67. The summed E-state index contributed by atoms with van der Waals surface area (Å²) in [5.41, 5.74) is 7.87. The highest BCUT2D eigenvalue weighted by Gasteiger charge is 2.44. The van der Waals surface area contributed by atoms with Gasteiger partial charge in [-0.3, -0.25) is 0 Å². The van der Waals surface area contributed by atoms with Crippen LogP contribution in [0.3, 0.4) is 0 Å². The molecule has 0 spiro atoms. The lowest BCUT2D eigenvalue weighted by molar-refractivity contribution is -0.0166. The fourth-order valence-corrected chi connectivity index (χ4v) is 4.04. The molecule has 4 N–H and O–H groups in total. The number of aliphatic hydroxyl groups is 2. The van der Waals surface area contributed by atoms with Crippen LogP contribution in [-0.2, 0) is 0 Å². The van der Waals surface area contributed by atoms with Crippen LogP contribution in [0.25, 0.3) is 11.0 Å². The molecule has 5 atom stereocenters. The number of halogens is 2. The summed E-state index contributed by atoms with van der Waals surface area (Å²) in [5, 5.41) is 22.1. The second kappa shape index (κ2) is 7.53. The molecule has 9 heteroatoms. The molecule has 3 unspecified atom stereocenters. The molecule has 1 aliphatic carbocycles. The van der Waals surface area contributed by atoms with Gasteiger partial charge in [0.1, 0.15) is 41.9 Å². The summed E-state index contributed by atoms with van der Waals surface area (Å²) in [6, 6.07) is 3.52. The minimum Gasteiger partial charge on any atom is -0.487 e. The first-order valence-corrected chi connectivity index (χ1v) is 9.71. The van der Waals surface area contributed by atoms with Crippen LogP contribution in [0.2, 0.25) is 5.02 Å². The van der Waals surface area contributed by atoms with Gasteiger partial charge in [0.2, 0.25) is 0 Å². The number of hydrogen-bond donors (Lipinski definition) is 3. The zero-order valence-electron chi connectivity index (χ0n) is 16.0. The molecule has 2 heterocycles. The van der Waals surface area contributed by atoms with Crippen LogP contribution in [0.5, 0.6) is 5.75 Å². The summed E-state index contributed by atoms with van der Waals surface area (Å²) < 4.78 is 21.6. The average molecular weight is 421 g/mol. The van der Waals surface area contributed by atoms with Gasteiger partial charge in [0.15, 0.2) is 0 Å². The van der Waals surface area contributed by atoms with E-state index in [1.165, 1.54) is 18.5 Å². The van der Waals surface area contributed by atoms with Crippen LogP contribution in [-0.4, -0.2) is 43.1 Å². The number of nitrogens with two attached hydrogens (primary N) is 1. The summed E-state index contributed by atoms with van der Waals surface area (Å²) in [5.74, 6) is -0.302. The third-order valence-electron chi connectivity index (χ3n) is 5.49. The van der Waals surface area contributed by atoms with E-state index < -0.39 is 36.2 Å². The summed E-state index contributed by atoms with van der Waals surface area (Å²) in [4.78, 5) is 8.49. The molecule has 154 valence electrons. The molecular formula is C20H22ClFN4O3. The quantitative estimate of drug-likeness (QED) is 0.599. The van der Waals surface area contributed by atoms with Gasteiger partial charge in [-0.05, 0) is 26.0 Å². The normalized spacial score (nSPS) is 25.5. The number of fused-ring (bicyclic) bond motifs is 1. The van der Waals surface area contributed by atoms with Crippen molar-refractivity contribution < 1.29 is 19.3 Å². The summed E-state index contributed by atoms with van der Waals surface area (Å²) >= 11 is 5.91. The van der Waals surface area contributed by atoms with Crippen LogP contribution < -0.4 is 10.5 Å². The molecule has 0 aliphatic heterocycles. The van der Waals surface area contributed by atoms with Crippen molar-refractivity contribution in [1.82, 2.24) is 14.5 Å². The molecule has 0 radical (unpaired) electrons. The molecule has 7 nitrogen and oxygen atoms in total. The van der Waals surface area contributed by atoms with E-state index in [4.69, 9.17) is 22.1 Å². The smallest absolute Gasteiger partial charge is 0.143 e. The first kappa shape index (κ1) is 20.0. The Kier molecular flexibility index (Phi) is 5.20. The van der Waals surface area contributed by atoms with Crippen molar-refractivity contribution in [3.05, 3.63) is 52.8 Å². The van der Waals surface area contributed by atoms with Crippen molar-refractivity contribution in [3.63, 3.8) is 0 Å². The molecule has 2 aromatic heterocycles. The van der Waals surface area contributed by atoms with E-state index in [-0.39, 0.29) is 5.02 Å². The largest absolute Gasteiger partial charge is 0.487 e. The number of nitrogens with zero attached hydrogens (tertiary/aromatic N) is 3. The van der Waals surface area contributed by atoms with E-state index in [0.717, 1.165) is 11.1 Å². The molecule has 0 bridgehead atoms. The van der Waals surface area contributed by atoms with Gasteiger partial charge < -0.3 is 25.3 Å². The lowest BCUT2D eigenvalue weighted by atomic mass is 10.1. The van der Waals surface area contributed by atoms with Gasteiger partial charge >= 0.3 is 0 Å². The summed E-state index contributed by atoms with van der Waals surface area (Å²) in [7, 11) is 0. The monoisotopic (exact) mass is 420 g/mol. The molecule has 29 heavy (non-hydrogen) atoms. The highest BCUT2D eigenvalue weighted by molar-refractivity contribution is 6.30. The summed E-state index contributed by atoms with van der Waals surface area (Å²) in [6.07, 6.45) is 0.662. The Labute approximate surface area is 171 Å². The van der Waals surface area contributed by atoms with Crippen molar-refractivity contribution in [3.8, 4) is 5.75 Å². The number of rotatable bonds is 4. The number of hydrogen-bond acceptors (Lipinski definition) is 6. The Morgan fingerprint density at radius 1 is 1.31 bits per heavy atom. The minimum absolute atomic E-state index is 0.0995. The van der Waals surface area contributed by atoms with E-state index >= 15 is 0 Å². The number of ether oxygens (including phenoxy) is 1. The summed E-state index contributed by atoms with van der Waals surface area (Å²) in [6.45, 7) is 3.58. The Morgan fingerprint density at radius 2 is 2.07 bits per heavy atom. The van der Waals surface area contributed by atoms with E-state index in [1.807, 2.05) is 23.8 Å². The SMILES string of the molecule is Cc1ncnc2c1ccn2C1CC(Oc2cc(Cl)c(F)cc2C(C)N)[C@@H](O)[C@H]1O. The molecule has 0 amide bonds. The fourth-order valence-electron chi connectivity index (χ4n) is 3.89. The van der Waals surface area contributed by atoms with Crippen LogP contribution in [0, 0.1) is 12.7 Å². The van der Waals surface area contributed by atoms with Crippen molar-refractivity contribution in [2.75, 3.05) is 0 Å². The zero-order chi connectivity index (χ0) is 20.9. The lowest BCUT2D eigenvalue weighted by Crippen LogP contribution is -2.34. The fraction of sp³-hybridized carbons (Fsp3) is 0.400. The van der Waals surface area contributed by atoms with Crippen LogP contribution in [0.4, 0.5) is 4.39 Å². The lowest BCUT2D eigenvalue weighted by Gasteiger charge is -2.21. The van der Waals surface area contributed by atoms with Gasteiger partial charge in [-0.1, -0.05) is 11.6 Å². The Morgan fingerprint density at radius 3 is 2.79 bits per heavy atom. The van der Waals surface area contributed by atoms with Crippen LogP contribution in [0.1, 0.15) is 36.7 Å². The Bertz CT molecular complexity index is 1060. The molecule has 4 rings (SSSR count). The predicted molar refractivity (Wildman–Crippen MR) is 106 cm³/mol. The van der Waals surface area contributed by atoms with E-state index in [1.54, 1.807) is 6.92 Å². The highest BCUT2D eigenvalue weighted by Crippen LogP contribution is 2.38. The standard InChI is InChI=1S/C20H22ClFN4O3/c1-9(23)12-5-14(22)13(21)6-16(12)29-17-7-15(18(27)19(17)28)26-4-3-11-10(2)24-8-25-20(11)26/h3-6,8-9,15,17-19,27-28H,7,23H2,1-2H3/t9?,15?,17?,18-,19+/m0/s1. The van der Waals surface area contributed by atoms with Crippen LogP contribution >= 0.6 is 11.6 Å². The number of aromatic nitrogens is 3. The van der Waals surface area contributed by atoms with E-state index in [0.29, 0.717) is 23.4 Å². The minimum atomic E-state index is -1.15. The van der Waals surface area contributed by atoms with E-state index in [2.05, 4.69) is 9.97 Å². The average Bonchev–Trinajstić information content (AvgIpc) is 3.22. The maximum atomic E-state index is 13.9. The van der Waals surface area contributed by atoms with Crippen molar-refractivity contribution in [2.45, 2.75) is 50.7 Å². The molecular weight excluding hydrogens is 399 g/mol. The van der Waals surface area contributed by atoms with Gasteiger partial charge in [0.05, 0.1) is 16.8 Å². The number of aliphatic hydroxyl groups excluding tert-OH is 2. The number of benzene rings is 1. The third-order valence-corrected chi connectivity index (χ3v) is 5.78. The second-order valence-electron chi connectivity index (χ2n) is 7.45. The van der Waals surface area contributed by atoms with Crippen molar-refractivity contribution >= 4 is 22.6 Å². The van der Waals surface area contributed by atoms with Gasteiger partial charge in [-0.2, -0.15) is 0 Å². The van der Waals surface area contributed by atoms with Gasteiger partial charge in [0, 0.05) is 35.7 Å². The van der Waals surface area contributed by atoms with Crippen molar-refractivity contribution in [2.24, 2.45) is 5.73 Å².